The molecule has 5 aromatic rings. The molecule has 0 unspecified atom stereocenters. The van der Waals surface area contributed by atoms with E-state index in [0.717, 1.165) is 5.39 Å². The first kappa shape index (κ1) is 23.0. The van der Waals surface area contributed by atoms with Gasteiger partial charge in [0.25, 0.3) is 10.0 Å². The van der Waals surface area contributed by atoms with Crippen molar-refractivity contribution in [3.8, 4) is 11.8 Å². The fourth-order valence-corrected chi connectivity index (χ4v) is 5.17. The fraction of sp³-hybridized carbons (Fsp3) is 0.0357. The highest BCUT2D eigenvalue weighted by molar-refractivity contribution is 7.93. The van der Waals surface area contributed by atoms with Gasteiger partial charge in [-0.1, -0.05) is 66.4 Å². The topological polar surface area (TPSA) is 109 Å². The quantitative estimate of drug-likeness (QED) is 0.342. The molecular weight excluding hydrogens is 474 g/mol. The van der Waals surface area contributed by atoms with Crippen molar-refractivity contribution in [2.75, 3.05) is 4.72 Å². The zero-order chi connectivity index (χ0) is 25.3. The Morgan fingerprint density at radius 1 is 0.861 bits per heavy atom. The minimum absolute atomic E-state index is 0.0526. The number of anilines is 1. The van der Waals surface area contributed by atoms with Crippen LogP contribution in [0.2, 0.25) is 0 Å². The highest BCUT2D eigenvalue weighted by atomic mass is 32.2. The number of aromatic carboxylic acids is 1. The number of para-hydroxylation sites is 2. The van der Waals surface area contributed by atoms with Crippen molar-refractivity contribution < 1.29 is 18.3 Å². The van der Waals surface area contributed by atoms with Crippen LogP contribution in [0.1, 0.15) is 27.3 Å². The number of sulfonamides is 1. The lowest BCUT2D eigenvalue weighted by molar-refractivity contribution is 0.0693. The molecule has 0 radical (unpaired) electrons. The molecule has 176 valence electrons. The van der Waals surface area contributed by atoms with Gasteiger partial charge in [0, 0.05) is 33.6 Å². The van der Waals surface area contributed by atoms with Gasteiger partial charge in [0.15, 0.2) is 5.69 Å². The van der Waals surface area contributed by atoms with E-state index in [1.165, 1.54) is 12.3 Å². The lowest BCUT2D eigenvalue weighted by atomic mass is 10.0. The number of carboxylic acid groups (broad SMARTS) is 1. The number of benzene rings is 3. The van der Waals surface area contributed by atoms with Gasteiger partial charge >= 0.3 is 5.97 Å². The lowest BCUT2D eigenvalue weighted by Crippen LogP contribution is -2.14. The van der Waals surface area contributed by atoms with Crippen LogP contribution in [0.25, 0.3) is 21.7 Å². The third kappa shape index (κ3) is 4.35. The zero-order valence-corrected chi connectivity index (χ0v) is 19.9. The van der Waals surface area contributed by atoms with Gasteiger partial charge in [0.1, 0.15) is 4.90 Å². The summed E-state index contributed by atoms with van der Waals surface area (Å²) < 4.78 is 29.4. The molecule has 0 bridgehead atoms. The summed E-state index contributed by atoms with van der Waals surface area (Å²) in [5, 5.41) is 11.3. The first-order valence-corrected chi connectivity index (χ1v) is 12.4. The van der Waals surface area contributed by atoms with Crippen molar-refractivity contribution in [1.82, 2.24) is 9.97 Å². The summed E-state index contributed by atoms with van der Waals surface area (Å²) in [6, 6.07) is 22.5. The molecule has 0 saturated carbocycles. The molecule has 0 spiro atoms. The number of rotatable bonds is 4. The molecule has 0 aliphatic carbocycles. The summed E-state index contributed by atoms with van der Waals surface area (Å²) in [4.78, 5) is 20.1. The van der Waals surface area contributed by atoms with E-state index < -0.39 is 16.0 Å². The normalized spacial score (nSPS) is 11.1. The Morgan fingerprint density at radius 3 is 2.39 bits per heavy atom. The molecule has 3 aromatic carbocycles. The maximum atomic E-state index is 13.4. The standard InChI is InChI=1S/C28H19N3O4S/c1-18-13-14-20-8-6-12-25(26(20)30-18)36(34,35)31-24-11-5-2-7-19(24)15-16-21-17-29-27(28(32)33)23-10-4-3-9-22(21)23/h2-14,17,31H,1H3,(H,32,33). The maximum Gasteiger partial charge on any atom is 0.355 e. The van der Waals surface area contributed by atoms with Crippen LogP contribution in [0.15, 0.2) is 90.0 Å². The molecule has 5 rings (SSSR count). The summed E-state index contributed by atoms with van der Waals surface area (Å²) in [5.74, 6) is 4.91. The molecule has 7 nitrogen and oxygen atoms in total. The molecular formula is C28H19N3O4S. The van der Waals surface area contributed by atoms with E-state index in [4.69, 9.17) is 0 Å². The Balaban J connectivity index is 1.55. The smallest absolute Gasteiger partial charge is 0.355 e. The fourth-order valence-electron chi connectivity index (χ4n) is 3.91. The SMILES string of the molecule is Cc1ccc2cccc(S(=O)(=O)Nc3ccccc3C#Cc3cnc(C(=O)O)c4ccccc34)c2n1. The number of aromatic nitrogens is 2. The average Bonchev–Trinajstić information content (AvgIpc) is 2.87. The number of nitrogens with one attached hydrogen (secondary N) is 1. The van der Waals surface area contributed by atoms with Crippen LogP contribution in [-0.2, 0) is 10.0 Å². The van der Waals surface area contributed by atoms with E-state index in [1.807, 2.05) is 25.1 Å². The second-order valence-corrected chi connectivity index (χ2v) is 9.70. The number of nitrogens with zero attached hydrogens (tertiary/aromatic N) is 2. The molecule has 0 amide bonds. The third-order valence-corrected chi connectivity index (χ3v) is 7.01. The van der Waals surface area contributed by atoms with E-state index in [1.54, 1.807) is 54.6 Å². The van der Waals surface area contributed by atoms with Crippen molar-refractivity contribution >= 4 is 43.4 Å². The molecule has 8 heteroatoms. The summed E-state index contributed by atoms with van der Waals surface area (Å²) in [7, 11) is -3.97. The van der Waals surface area contributed by atoms with Crippen LogP contribution in [-0.4, -0.2) is 29.5 Å². The maximum absolute atomic E-state index is 13.4. The van der Waals surface area contributed by atoms with Crippen LogP contribution in [0.4, 0.5) is 5.69 Å². The second-order valence-electron chi connectivity index (χ2n) is 8.05. The Hall–Kier alpha value is -4.74. The van der Waals surface area contributed by atoms with Gasteiger partial charge in [0.2, 0.25) is 0 Å². The molecule has 0 aliphatic rings. The predicted molar refractivity (Wildman–Crippen MR) is 138 cm³/mol. The Morgan fingerprint density at radius 2 is 1.58 bits per heavy atom. The van der Waals surface area contributed by atoms with Crippen molar-refractivity contribution in [2.45, 2.75) is 11.8 Å². The van der Waals surface area contributed by atoms with Gasteiger partial charge < -0.3 is 5.11 Å². The number of hydrogen-bond acceptors (Lipinski definition) is 5. The Bertz CT molecular complexity index is 1840. The number of aryl methyl sites for hydroxylation is 1. The lowest BCUT2D eigenvalue weighted by Gasteiger charge is -2.12. The molecule has 0 aliphatic heterocycles. The summed E-state index contributed by atoms with van der Waals surface area (Å²) >= 11 is 0. The molecule has 36 heavy (non-hydrogen) atoms. The van der Waals surface area contributed by atoms with Gasteiger partial charge in [-0.3, -0.25) is 9.71 Å². The minimum atomic E-state index is -3.97. The van der Waals surface area contributed by atoms with Gasteiger partial charge in [-0.25, -0.2) is 18.2 Å². The molecule has 0 atom stereocenters. The van der Waals surface area contributed by atoms with E-state index in [0.29, 0.717) is 38.8 Å². The molecule has 0 saturated heterocycles. The molecule has 2 N–H and O–H groups in total. The molecule has 2 aromatic heterocycles. The molecule has 2 heterocycles. The van der Waals surface area contributed by atoms with E-state index >= 15 is 0 Å². The van der Waals surface area contributed by atoms with E-state index in [2.05, 4.69) is 26.5 Å². The van der Waals surface area contributed by atoms with E-state index in [-0.39, 0.29) is 10.6 Å². The number of fused-ring (bicyclic) bond motifs is 2. The number of pyridine rings is 2. The largest absolute Gasteiger partial charge is 0.476 e. The van der Waals surface area contributed by atoms with Gasteiger partial charge in [-0.15, -0.1) is 0 Å². The van der Waals surface area contributed by atoms with E-state index in [9.17, 15) is 18.3 Å². The zero-order valence-electron chi connectivity index (χ0n) is 19.1. The highest BCUT2D eigenvalue weighted by Crippen LogP contribution is 2.26. The summed E-state index contributed by atoms with van der Waals surface area (Å²) in [6.45, 7) is 1.81. The van der Waals surface area contributed by atoms with Crippen LogP contribution < -0.4 is 4.72 Å². The van der Waals surface area contributed by atoms with Crippen LogP contribution in [0.5, 0.6) is 0 Å². The number of carboxylic acids is 1. The Labute approximate surface area is 207 Å². The van der Waals surface area contributed by atoms with Gasteiger partial charge in [-0.2, -0.15) is 0 Å². The first-order valence-electron chi connectivity index (χ1n) is 10.9. The van der Waals surface area contributed by atoms with Crippen LogP contribution in [0, 0.1) is 18.8 Å². The monoisotopic (exact) mass is 493 g/mol. The highest BCUT2D eigenvalue weighted by Gasteiger charge is 2.20. The summed E-state index contributed by atoms with van der Waals surface area (Å²) in [5.41, 5.74) is 2.35. The minimum Gasteiger partial charge on any atom is -0.476 e. The second kappa shape index (κ2) is 9.13. The van der Waals surface area contributed by atoms with Crippen molar-refractivity contribution in [2.24, 2.45) is 0 Å². The van der Waals surface area contributed by atoms with Gasteiger partial charge in [-0.05, 0) is 31.2 Å². The van der Waals surface area contributed by atoms with Crippen molar-refractivity contribution in [1.29, 1.82) is 0 Å². The first-order chi connectivity index (χ1) is 17.3. The number of hydrogen-bond donors (Lipinski definition) is 2. The van der Waals surface area contributed by atoms with Crippen molar-refractivity contribution in [3.05, 3.63) is 108 Å². The van der Waals surface area contributed by atoms with Crippen LogP contribution >= 0.6 is 0 Å². The average molecular weight is 494 g/mol. The molecule has 0 fully saturated rings. The predicted octanol–water partition coefficient (Wildman–Crippen LogP) is 4.99. The number of carbonyl (C=O) groups is 1. The third-order valence-electron chi connectivity index (χ3n) is 5.61. The van der Waals surface area contributed by atoms with Gasteiger partial charge in [0.05, 0.1) is 16.8 Å². The Kier molecular flexibility index (Phi) is 5.84. The van der Waals surface area contributed by atoms with Crippen molar-refractivity contribution in [3.63, 3.8) is 0 Å². The summed E-state index contributed by atoms with van der Waals surface area (Å²) in [6.07, 6.45) is 1.41. The van der Waals surface area contributed by atoms with Crippen LogP contribution in [0.3, 0.4) is 0 Å².